The van der Waals surface area contributed by atoms with E-state index in [0.29, 0.717) is 24.3 Å². The summed E-state index contributed by atoms with van der Waals surface area (Å²) in [7, 11) is 1.80. The second-order valence-corrected chi connectivity index (χ2v) is 6.97. The summed E-state index contributed by atoms with van der Waals surface area (Å²) in [5.41, 5.74) is 1.34. The fourth-order valence-corrected chi connectivity index (χ4v) is 3.84. The topological polar surface area (TPSA) is 79.0 Å². The molecule has 2 aromatic rings. The van der Waals surface area contributed by atoms with Crippen molar-refractivity contribution in [2.24, 2.45) is 4.99 Å². The maximum atomic E-state index is 6.05. The monoisotopic (exact) mass is 370 g/mol. The van der Waals surface area contributed by atoms with Crippen LogP contribution in [0.1, 0.15) is 17.3 Å². The van der Waals surface area contributed by atoms with Crippen molar-refractivity contribution >= 4 is 5.96 Å². The third-order valence-electron chi connectivity index (χ3n) is 5.12. The summed E-state index contributed by atoms with van der Waals surface area (Å²) in [6, 6.07) is 11.0. The van der Waals surface area contributed by atoms with Crippen molar-refractivity contribution in [2.45, 2.75) is 32.2 Å². The minimum absolute atomic E-state index is 0.201. The van der Waals surface area contributed by atoms with Gasteiger partial charge in [0.25, 0.3) is 0 Å². The van der Waals surface area contributed by atoms with E-state index in [0.717, 1.165) is 38.7 Å². The molecule has 2 aliphatic rings. The van der Waals surface area contributed by atoms with Gasteiger partial charge in [0.2, 0.25) is 5.89 Å². The average molecular weight is 370 g/mol. The van der Waals surface area contributed by atoms with Crippen molar-refractivity contribution in [2.75, 3.05) is 33.3 Å². The molecule has 0 amide bonds. The Morgan fingerprint density at radius 2 is 2.15 bits per heavy atom. The number of aromatic nitrogens is 2. The Labute approximate surface area is 159 Å². The van der Waals surface area contributed by atoms with Gasteiger partial charge in [-0.2, -0.15) is 4.98 Å². The van der Waals surface area contributed by atoms with Gasteiger partial charge in [-0.05, 0) is 12.5 Å². The van der Waals surface area contributed by atoms with Crippen molar-refractivity contribution in [1.82, 2.24) is 25.3 Å². The largest absolute Gasteiger partial charge is 0.373 e. The normalized spacial score (nSPS) is 23.5. The number of rotatable bonds is 4. The predicted octanol–water partition coefficient (Wildman–Crippen LogP) is 1.04. The molecule has 27 heavy (non-hydrogen) atoms. The van der Waals surface area contributed by atoms with Crippen LogP contribution in [-0.4, -0.2) is 71.3 Å². The number of morpholine rings is 1. The van der Waals surface area contributed by atoms with E-state index in [2.05, 4.69) is 60.6 Å². The molecule has 2 saturated heterocycles. The lowest BCUT2D eigenvalue weighted by Gasteiger charge is -2.36. The van der Waals surface area contributed by atoms with Crippen molar-refractivity contribution in [1.29, 1.82) is 0 Å². The van der Waals surface area contributed by atoms with Crippen LogP contribution in [0, 0.1) is 6.92 Å². The van der Waals surface area contributed by atoms with Crippen LogP contribution in [0.25, 0.3) is 0 Å². The molecule has 1 aromatic heterocycles. The molecule has 0 spiro atoms. The molecule has 2 aliphatic heterocycles. The minimum atomic E-state index is 0.201. The minimum Gasteiger partial charge on any atom is -0.373 e. The molecule has 144 valence electrons. The van der Waals surface area contributed by atoms with Crippen molar-refractivity contribution in [3.63, 3.8) is 0 Å². The zero-order chi connectivity index (χ0) is 18.6. The Morgan fingerprint density at radius 3 is 2.89 bits per heavy atom. The maximum Gasteiger partial charge on any atom is 0.246 e. The fraction of sp³-hybridized carbons (Fsp3) is 0.526. The zero-order valence-corrected chi connectivity index (χ0v) is 15.8. The number of ether oxygens (including phenoxy) is 1. The highest BCUT2D eigenvalue weighted by Crippen LogP contribution is 2.24. The van der Waals surface area contributed by atoms with E-state index < -0.39 is 0 Å². The van der Waals surface area contributed by atoms with Gasteiger partial charge in [0.1, 0.15) is 0 Å². The standard InChI is InChI=1S/C19H26N6O2/c1-14-22-18(27-23-14)10-21-19(20-2)25-12-16-17(13-25)26-9-8-24(16)11-15-6-4-3-5-7-15/h3-7,16-17H,8-13H2,1-2H3,(H,20,21). The summed E-state index contributed by atoms with van der Waals surface area (Å²) in [4.78, 5) is 13.4. The Hall–Kier alpha value is -2.45. The summed E-state index contributed by atoms with van der Waals surface area (Å²) in [5.74, 6) is 2.04. The molecule has 8 heteroatoms. The Kier molecular flexibility index (Phi) is 5.35. The van der Waals surface area contributed by atoms with Gasteiger partial charge in [-0.15, -0.1) is 0 Å². The zero-order valence-electron chi connectivity index (χ0n) is 15.8. The van der Waals surface area contributed by atoms with Gasteiger partial charge in [-0.1, -0.05) is 35.5 Å². The second-order valence-electron chi connectivity index (χ2n) is 6.97. The molecule has 4 rings (SSSR count). The van der Waals surface area contributed by atoms with Gasteiger partial charge in [0.15, 0.2) is 11.8 Å². The molecule has 0 radical (unpaired) electrons. The summed E-state index contributed by atoms with van der Waals surface area (Å²) < 4.78 is 11.2. The number of nitrogens with zero attached hydrogens (tertiary/aromatic N) is 5. The van der Waals surface area contributed by atoms with E-state index in [1.54, 1.807) is 7.05 Å². The van der Waals surface area contributed by atoms with Crippen molar-refractivity contribution in [3.05, 3.63) is 47.6 Å². The Bertz CT molecular complexity index is 778. The summed E-state index contributed by atoms with van der Waals surface area (Å²) >= 11 is 0. The molecule has 2 atom stereocenters. The van der Waals surface area contributed by atoms with E-state index in [4.69, 9.17) is 9.26 Å². The van der Waals surface area contributed by atoms with Crippen LogP contribution in [0.2, 0.25) is 0 Å². The first-order chi connectivity index (χ1) is 13.2. The highest BCUT2D eigenvalue weighted by atomic mass is 16.5. The number of aliphatic imine (C=N–C) groups is 1. The van der Waals surface area contributed by atoms with Crippen LogP contribution < -0.4 is 5.32 Å². The molecule has 8 nitrogen and oxygen atoms in total. The average Bonchev–Trinajstić information content (AvgIpc) is 3.30. The first-order valence-corrected chi connectivity index (χ1v) is 9.37. The molecule has 0 bridgehead atoms. The summed E-state index contributed by atoms with van der Waals surface area (Å²) in [6.07, 6.45) is 0.201. The van der Waals surface area contributed by atoms with Crippen LogP contribution in [0.3, 0.4) is 0 Å². The quantitative estimate of drug-likeness (QED) is 0.636. The first-order valence-electron chi connectivity index (χ1n) is 9.37. The molecule has 0 saturated carbocycles. The maximum absolute atomic E-state index is 6.05. The van der Waals surface area contributed by atoms with Gasteiger partial charge < -0.3 is 19.5 Å². The van der Waals surface area contributed by atoms with Crippen LogP contribution in [0.4, 0.5) is 0 Å². The van der Waals surface area contributed by atoms with Gasteiger partial charge in [0.05, 0.1) is 25.3 Å². The number of nitrogens with one attached hydrogen (secondary N) is 1. The molecule has 2 unspecified atom stereocenters. The van der Waals surface area contributed by atoms with Gasteiger partial charge >= 0.3 is 0 Å². The molecule has 1 N–H and O–H groups in total. The highest BCUT2D eigenvalue weighted by molar-refractivity contribution is 5.80. The van der Waals surface area contributed by atoms with Crippen molar-refractivity contribution < 1.29 is 9.26 Å². The van der Waals surface area contributed by atoms with Gasteiger partial charge in [-0.25, -0.2) is 0 Å². The van der Waals surface area contributed by atoms with E-state index in [1.807, 2.05) is 6.92 Å². The van der Waals surface area contributed by atoms with E-state index in [9.17, 15) is 0 Å². The number of fused-ring (bicyclic) bond motifs is 1. The van der Waals surface area contributed by atoms with Crippen LogP contribution in [-0.2, 0) is 17.8 Å². The van der Waals surface area contributed by atoms with Gasteiger partial charge in [0, 0.05) is 33.2 Å². The van der Waals surface area contributed by atoms with E-state index >= 15 is 0 Å². The van der Waals surface area contributed by atoms with Crippen molar-refractivity contribution in [3.8, 4) is 0 Å². The molecular weight excluding hydrogens is 344 g/mol. The second kappa shape index (κ2) is 8.06. The number of guanidine groups is 1. The predicted molar refractivity (Wildman–Crippen MR) is 101 cm³/mol. The number of benzene rings is 1. The first kappa shape index (κ1) is 17.9. The molecule has 0 aliphatic carbocycles. The Balaban J connectivity index is 1.39. The molecule has 3 heterocycles. The smallest absolute Gasteiger partial charge is 0.246 e. The molecule has 1 aromatic carbocycles. The number of likely N-dealkylation sites (tertiary alicyclic amines) is 1. The lowest BCUT2D eigenvalue weighted by molar-refractivity contribution is -0.0502. The molecular formula is C19H26N6O2. The Morgan fingerprint density at radius 1 is 1.30 bits per heavy atom. The van der Waals surface area contributed by atoms with Crippen LogP contribution in [0.5, 0.6) is 0 Å². The van der Waals surface area contributed by atoms with E-state index in [1.165, 1.54) is 5.56 Å². The summed E-state index contributed by atoms with van der Waals surface area (Å²) in [6.45, 7) is 6.68. The highest BCUT2D eigenvalue weighted by Gasteiger charge is 2.41. The third kappa shape index (κ3) is 4.12. The lowest BCUT2D eigenvalue weighted by Crippen LogP contribution is -2.50. The number of aryl methyl sites for hydroxylation is 1. The molecule has 2 fully saturated rings. The van der Waals surface area contributed by atoms with E-state index in [-0.39, 0.29) is 6.10 Å². The SMILES string of the molecule is CN=C(NCc1nc(C)no1)N1CC2OCCN(Cc3ccccc3)C2C1. The van der Waals surface area contributed by atoms with Crippen LogP contribution in [0.15, 0.2) is 39.8 Å². The third-order valence-corrected chi connectivity index (χ3v) is 5.12. The van der Waals surface area contributed by atoms with Crippen LogP contribution >= 0.6 is 0 Å². The lowest BCUT2D eigenvalue weighted by atomic mass is 10.1. The summed E-state index contributed by atoms with van der Waals surface area (Å²) in [5, 5.41) is 7.14. The fourth-order valence-electron chi connectivity index (χ4n) is 3.84. The number of hydrogen-bond acceptors (Lipinski definition) is 6. The van der Waals surface area contributed by atoms with Gasteiger partial charge in [-0.3, -0.25) is 9.89 Å². The number of hydrogen-bond donors (Lipinski definition) is 1.